The van der Waals surface area contributed by atoms with Crippen molar-refractivity contribution in [3.8, 4) is 22.8 Å². The number of ether oxygens (including phenoxy) is 1. The van der Waals surface area contributed by atoms with E-state index in [9.17, 15) is 14.0 Å². The Morgan fingerprint density at radius 1 is 0.780 bits per heavy atom. The first-order valence-corrected chi connectivity index (χ1v) is 17.3. The summed E-state index contributed by atoms with van der Waals surface area (Å²) in [4.78, 5) is 35.0. The second kappa shape index (κ2) is 17.0. The van der Waals surface area contributed by atoms with Crippen molar-refractivity contribution in [2.24, 2.45) is 0 Å². The van der Waals surface area contributed by atoms with Crippen molar-refractivity contribution < 1.29 is 23.8 Å². The molecule has 1 aliphatic carbocycles. The number of aryl methyl sites for hydroxylation is 1. The van der Waals surface area contributed by atoms with Crippen molar-refractivity contribution in [1.29, 1.82) is 0 Å². The highest BCUT2D eigenvalue weighted by Crippen LogP contribution is 2.29. The minimum Gasteiger partial charge on any atom is -0.438 e. The van der Waals surface area contributed by atoms with Crippen molar-refractivity contribution in [2.75, 3.05) is 19.7 Å². The highest BCUT2D eigenvalue weighted by atomic mass is 19.1. The fraction of sp³-hybridized carbons (Fsp3) is 0.300. The van der Waals surface area contributed by atoms with E-state index in [1.807, 2.05) is 42.5 Å². The van der Waals surface area contributed by atoms with E-state index >= 15 is 0 Å². The van der Waals surface area contributed by atoms with Gasteiger partial charge in [0.05, 0.1) is 17.3 Å². The van der Waals surface area contributed by atoms with Crippen LogP contribution in [0.3, 0.4) is 0 Å². The maximum absolute atomic E-state index is 14.3. The van der Waals surface area contributed by atoms with Gasteiger partial charge in [-0.15, -0.1) is 0 Å². The van der Waals surface area contributed by atoms with Crippen molar-refractivity contribution in [1.82, 2.24) is 25.9 Å². The van der Waals surface area contributed by atoms with E-state index in [-0.39, 0.29) is 36.0 Å². The summed E-state index contributed by atoms with van der Waals surface area (Å²) in [5, 5.41) is 19.3. The number of carbonyl (C=O) groups is 2. The van der Waals surface area contributed by atoms with Crippen molar-refractivity contribution in [3.63, 3.8) is 0 Å². The summed E-state index contributed by atoms with van der Waals surface area (Å²) in [6.07, 6.45) is 8.15. The molecule has 2 aromatic heterocycles. The Kier molecular flexibility index (Phi) is 11.8. The number of carbonyl (C=O) groups excluding carboxylic acids is 2. The van der Waals surface area contributed by atoms with E-state index in [1.165, 1.54) is 5.56 Å². The third kappa shape index (κ3) is 9.07. The quantitative estimate of drug-likeness (QED) is 0.0978. The molecule has 5 aromatic rings. The topological polar surface area (TPSA) is 125 Å². The molecule has 2 heterocycles. The summed E-state index contributed by atoms with van der Waals surface area (Å²) in [5.41, 5.74) is 4.43. The molecule has 50 heavy (non-hydrogen) atoms. The van der Waals surface area contributed by atoms with Crippen LogP contribution in [0.2, 0.25) is 0 Å². The number of aliphatic hydroxyl groups excluding tert-OH is 1. The Hall–Kier alpha value is -5.19. The van der Waals surface area contributed by atoms with Crippen LogP contribution >= 0.6 is 0 Å². The van der Waals surface area contributed by atoms with Gasteiger partial charge >= 0.3 is 0 Å². The smallest absolute Gasteiger partial charge is 0.257 e. The first kappa shape index (κ1) is 34.7. The standard InChI is InChI=1S/C40H42FN5O4/c41-31-25-36(39(49)46-33-18-16-32(17-19-33)45-38(48)35-11-2-7-29-9-4-22-43-37(29)35)40(44-26-31)50-34-10-1-8-30(24-34)28-14-12-27(13-15-28)6-3-20-42-21-5-23-47/h1-2,4,7-15,22,24-26,32-33,42,47H,3,5-6,16-21,23H2,(H,45,48)(H,46,49)/t32-,33-. The summed E-state index contributed by atoms with van der Waals surface area (Å²) in [7, 11) is 0. The van der Waals surface area contributed by atoms with Gasteiger partial charge in [-0.25, -0.2) is 9.37 Å². The summed E-state index contributed by atoms with van der Waals surface area (Å²) in [6, 6.07) is 26.2. The molecule has 9 nitrogen and oxygen atoms in total. The normalized spacial score (nSPS) is 15.8. The molecule has 258 valence electrons. The average molecular weight is 676 g/mol. The number of nitrogens with one attached hydrogen (secondary N) is 3. The first-order valence-electron chi connectivity index (χ1n) is 17.3. The maximum Gasteiger partial charge on any atom is 0.257 e. The Labute approximate surface area is 291 Å². The van der Waals surface area contributed by atoms with Gasteiger partial charge in [0.15, 0.2) is 0 Å². The lowest BCUT2D eigenvalue weighted by atomic mass is 9.90. The van der Waals surface area contributed by atoms with Gasteiger partial charge in [0.25, 0.3) is 11.8 Å². The lowest BCUT2D eigenvalue weighted by Gasteiger charge is -2.30. The molecule has 0 atom stereocenters. The van der Waals surface area contributed by atoms with E-state index in [2.05, 4.69) is 50.2 Å². The Bertz CT molecular complexity index is 1910. The zero-order valence-electron chi connectivity index (χ0n) is 27.9. The molecule has 4 N–H and O–H groups in total. The maximum atomic E-state index is 14.3. The van der Waals surface area contributed by atoms with E-state index in [0.717, 1.165) is 61.1 Å². The largest absolute Gasteiger partial charge is 0.438 e. The number of nitrogens with zero attached hydrogens (tertiary/aromatic N) is 2. The molecule has 0 bridgehead atoms. The summed E-state index contributed by atoms with van der Waals surface area (Å²) in [5.74, 6) is -0.756. The summed E-state index contributed by atoms with van der Waals surface area (Å²) in [6.45, 7) is 1.93. The second-order valence-electron chi connectivity index (χ2n) is 12.6. The highest BCUT2D eigenvalue weighted by molar-refractivity contribution is 6.05. The molecule has 1 fully saturated rings. The van der Waals surface area contributed by atoms with Crippen LogP contribution in [0.15, 0.2) is 97.3 Å². The van der Waals surface area contributed by atoms with Crippen LogP contribution in [0.1, 0.15) is 64.8 Å². The number of fused-ring (bicyclic) bond motifs is 1. The van der Waals surface area contributed by atoms with Gasteiger partial charge in [-0.3, -0.25) is 14.6 Å². The van der Waals surface area contributed by atoms with Gasteiger partial charge in [-0.05, 0) is 105 Å². The molecule has 10 heteroatoms. The van der Waals surface area contributed by atoms with Gasteiger partial charge in [0.2, 0.25) is 5.88 Å². The number of hydrogen-bond donors (Lipinski definition) is 4. The lowest BCUT2D eigenvalue weighted by molar-refractivity contribution is 0.0890. The Balaban J connectivity index is 1.03. The molecular weight excluding hydrogens is 633 g/mol. The van der Waals surface area contributed by atoms with Crippen LogP contribution in [-0.4, -0.2) is 58.7 Å². The van der Waals surface area contributed by atoms with Gasteiger partial charge in [-0.2, -0.15) is 0 Å². The number of aliphatic hydroxyl groups is 1. The van der Waals surface area contributed by atoms with Crippen LogP contribution in [0.4, 0.5) is 4.39 Å². The zero-order valence-corrected chi connectivity index (χ0v) is 27.9. The van der Waals surface area contributed by atoms with Crippen LogP contribution < -0.4 is 20.7 Å². The van der Waals surface area contributed by atoms with Crippen molar-refractivity contribution in [2.45, 2.75) is 57.0 Å². The number of aromatic nitrogens is 2. The number of pyridine rings is 2. The summed E-state index contributed by atoms with van der Waals surface area (Å²) < 4.78 is 20.4. The third-order valence-corrected chi connectivity index (χ3v) is 9.00. The Morgan fingerprint density at radius 2 is 1.48 bits per heavy atom. The predicted molar refractivity (Wildman–Crippen MR) is 192 cm³/mol. The van der Waals surface area contributed by atoms with Gasteiger partial charge < -0.3 is 25.8 Å². The number of hydrogen-bond acceptors (Lipinski definition) is 7. The van der Waals surface area contributed by atoms with Crippen molar-refractivity contribution in [3.05, 3.63) is 120 Å². The molecule has 0 radical (unpaired) electrons. The Morgan fingerprint density at radius 3 is 2.24 bits per heavy atom. The molecule has 1 aliphatic rings. The van der Waals surface area contributed by atoms with Crippen molar-refractivity contribution >= 4 is 22.7 Å². The second-order valence-corrected chi connectivity index (χ2v) is 12.6. The molecule has 1 saturated carbocycles. The molecule has 0 saturated heterocycles. The number of rotatable bonds is 14. The van der Waals surface area contributed by atoms with Crippen LogP contribution in [0.25, 0.3) is 22.0 Å². The number of benzene rings is 3. The number of para-hydroxylation sites is 1. The SMILES string of the molecule is O=C(N[C@H]1CC[C@H](NC(=O)c2cccc3cccnc23)CC1)c1cc(F)cnc1Oc1cccc(-c2ccc(CCCNCCCO)cc2)c1. The molecule has 0 spiro atoms. The molecule has 3 aromatic carbocycles. The predicted octanol–water partition coefficient (Wildman–Crippen LogP) is 6.60. The van der Waals surface area contributed by atoms with E-state index in [1.54, 1.807) is 18.3 Å². The van der Waals surface area contributed by atoms with E-state index < -0.39 is 11.7 Å². The molecule has 0 aliphatic heterocycles. The van der Waals surface area contributed by atoms with Gasteiger partial charge in [0, 0.05) is 30.3 Å². The molecule has 6 rings (SSSR count). The fourth-order valence-corrected chi connectivity index (χ4v) is 6.33. The third-order valence-electron chi connectivity index (χ3n) is 9.00. The highest BCUT2D eigenvalue weighted by Gasteiger charge is 2.26. The van der Waals surface area contributed by atoms with Crippen LogP contribution in [0.5, 0.6) is 11.6 Å². The fourth-order valence-electron chi connectivity index (χ4n) is 6.33. The minimum atomic E-state index is -0.633. The number of halogens is 1. The van der Waals surface area contributed by atoms with Gasteiger partial charge in [0.1, 0.15) is 17.1 Å². The van der Waals surface area contributed by atoms with E-state index in [0.29, 0.717) is 42.5 Å². The molecule has 2 amide bonds. The lowest BCUT2D eigenvalue weighted by Crippen LogP contribution is -2.44. The zero-order chi connectivity index (χ0) is 34.7. The van der Waals surface area contributed by atoms with Crippen LogP contribution in [0, 0.1) is 5.82 Å². The monoisotopic (exact) mass is 675 g/mol. The number of amides is 2. The minimum absolute atomic E-state index is 0.0180. The summed E-state index contributed by atoms with van der Waals surface area (Å²) >= 11 is 0. The average Bonchev–Trinajstić information content (AvgIpc) is 3.14. The molecule has 0 unspecified atom stereocenters. The van der Waals surface area contributed by atoms with Crippen LogP contribution in [-0.2, 0) is 6.42 Å². The van der Waals surface area contributed by atoms with Gasteiger partial charge in [-0.1, -0.05) is 54.6 Å². The molecular formula is C40H42FN5O4. The van der Waals surface area contributed by atoms with E-state index in [4.69, 9.17) is 9.84 Å². The first-order chi connectivity index (χ1) is 24.5.